The van der Waals surface area contributed by atoms with Crippen LogP contribution in [0, 0.1) is 5.92 Å². The molecule has 0 saturated heterocycles. The maximum absolute atomic E-state index is 12.6. The number of nitrogens with zero attached hydrogens (tertiary/aromatic N) is 1. The molecule has 1 aliphatic carbocycles. The van der Waals surface area contributed by atoms with E-state index in [4.69, 9.17) is 5.73 Å². The minimum absolute atomic E-state index is 0. The smallest absolute Gasteiger partial charge is 0.242 e. The molecule has 3 N–H and O–H groups in total. The van der Waals surface area contributed by atoms with Crippen molar-refractivity contribution >= 4 is 32.5 Å². The fourth-order valence-electron chi connectivity index (χ4n) is 2.98. The molecule has 1 atom stereocenters. The lowest BCUT2D eigenvalue weighted by Crippen LogP contribution is -2.44. The van der Waals surface area contributed by atoms with Crippen LogP contribution in [0.25, 0.3) is 0 Å². The number of halogens is 1. The largest absolute Gasteiger partial charge is 0.329 e. The van der Waals surface area contributed by atoms with E-state index < -0.39 is 20.0 Å². The van der Waals surface area contributed by atoms with Gasteiger partial charge < -0.3 is 5.73 Å². The Balaban J connectivity index is 0.00000312. The zero-order valence-corrected chi connectivity index (χ0v) is 16.8. The van der Waals surface area contributed by atoms with E-state index in [1.54, 1.807) is 0 Å². The molecule has 0 spiro atoms. The predicted octanol–water partition coefficient (Wildman–Crippen LogP) is 1.15. The molecule has 0 amide bonds. The van der Waals surface area contributed by atoms with E-state index in [0.717, 1.165) is 30.0 Å². The maximum atomic E-state index is 12.6. The van der Waals surface area contributed by atoms with E-state index in [-0.39, 0.29) is 40.7 Å². The molecule has 1 aromatic rings. The third kappa shape index (κ3) is 5.15. The monoisotopic (exact) mass is 411 g/mol. The van der Waals surface area contributed by atoms with Crippen LogP contribution < -0.4 is 10.5 Å². The summed E-state index contributed by atoms with van der Waals surface area (Å²) in [5.41, 5.74) is 5.75. The minimum Gasteiger partial charge on any atom is -0.329 e. The van der Waals surface area contributed by atoms with Crippen LogP contribution in [0.3, 0.4) is 0 Å². The van der Waals surface area contributed by atoms with Gasteiger partial charge in [-0.1, -0.05) is 18.9 Å². The van der Waals surface area contributed by atoms with Crippen LogP contribution in [0.15, 0.2) is 34.1 Å². The summed E-state index contributed by atoms with van der Waals surface area (Å²) in [5.74, 6) is 0.235. The molecule has 1 fully saturated rings. The highest BCUT2D eigenvalue weighted by molar-refractivity contribution is 7.90. The first-order valence-electron chi connectivity index (χ1n) is 7.93. The molecule has 10 heteroatoms. The van der Waals surface area contributed by atoms with Crippen LogP contribution in [0.4, 0.5) is 0 Å². The Morgan fingerprint density at radius 1 is 1.16 bits per heavy atom. The topological polar surface area (TPSA) is 110 Å². The lowest BCUT2D eigenvalue weighted by Gasteiger charge is -2.23. The molecule has 0 aromatic heterocycles. The molecule has 0 bridgehead atoms. The number of nitrogens with two attached hydrogens (primary N) is 1. The second-order valence-corrected chi connectivity index (χ2v) is 10.1. The Kier molecular flexibility index (Phi) is 7.85. The van der Waals surface area contributed by atoms with Crippen molar-refractivity contribution in [2.75, 3.05) is 20.6 Å². The molecule has 1 aromatic carbocycles. The van der Waals surface area contributed by atoms with Crippen LogP contribution in [-0.4, -0.2) is 47.8 Å². The molecular weight excluding hydrogens is 386 g/mol. The lowest BCUT2D eigenvalue weighted by atomic mass is 9.99. The van der Waals surface area contributed by atoms with Gasteiger partial charge in [-0.05, 0) is 37.0 Å². The van der Waals surface area contributed by atoms with Crippen molar-refractivity contribution in [1.29, 1.82) is 0 Å². The first kappa shape index (κ1) is 22.3. The fraction of sp³-hybridized carbons (Fsp3) is 0.600. The molecule has 144 valence electrons. The Morgan fingerprint density at radius 3 is 2.24 bits per heavy atom. The summed E-state index contributed by atoms with van der Waals surface area (Å²) in [6.07, 6.45) is 4.08. The van der Waals surface area contributed by atoms with Gasteiger partial charge >= 0.3 is 0 Å². The first-order valence-corrected chi connectivity index (χ1v) is 10.9. The summed E-state index contributed by atoms with van der Waals surface area (Å²) < 4.78 is 53.3. The Hall–Kier alpha value is -0.710. The summed E-state index contributed by atoms with van der Waals surface area (Å²) in [7, 11) is -4.72. The van der Waals surface area contributed by atoms with Crippen LogP contribution in [-0.2, 0) is 20.0 Å². The van der Waals surface area contributed by atoms with Crippen molar-refractivity contribution in [3.8, 4) is 0 Å². The van der Waals surface area contributed by atoms with Gasteiger partial charge in [0.15, 0.2) is 0 Å². The van der Waals surface area contributed by atoms with Gasteiger partial charge in [0.05, 0.1) is 9.79 Å². The molecular formula is C15H26ClN3O4S2. The zero-order chi connectivity index (χ0) is 18.0. The van der Waals surface area contributed by atoms with Crippen molar-refractivity contribution in [3.63, 3.8) is 0 Å². The van der Waals surface area contributed by atoms with Gasteiger partial charge in [-0.25, -0.2) is 25.9 Å². The third-order valence-corrected chi connectivity index (χ3v) is 7.72. The molecule has 0 aliphatic heterocycles. The molecule has 25 heavy (non-hydrogen) atoms. The highest BCUT2D eigenvalue weighted by atomic mass is 35.5. The summed E-state index contributed by atoms with van der Waals surface area (Å²) >= 11 is 0. The van der Waals surface area contributed by atoms with E-state index in [1.165, 1.54) is 38.4 Å². The van der Waals surface area contributed by atoms with E-state index in [1.807, 2.05) is 0 Å². The van der Waals surface area contributed by atoms with E-state index in [2.05, 4.69) is 4.72 Å². The van der Waals surface area contributed by atoms with Gasteiger partial charge in [0.2, 0.25) is 20.0 Å². The third-order valence-electron chi connectivity index (χ3n) is 4.42. The van der Waals surface area contributed by atoms with Crippen molar-refractivity contribution in [3.05, 3.63) is 24.3 Å². The average Bonchev–Trinajstić information content (AvgIpc) is 3.07. The predicted molar refractivity (Wildman–Crippen MR) is 99.7 cm³/mol. The Bertz CT molecular complexity index is 776. The van der Waals surface area contributed by atoms with Gasteiger partial charge in [-0.2, -0.15) is 0 Å². The standard InChI is InChI=1S/C15H25N3O4S2.ClH/c1-18(2)24(21,22)14-9-5-8-13(10-14)23(19,20)17-15(11-16)12-6-3-4-7-12;/h5,8-10,12,15,17H,3-4,6-7,11,16H2,1-2H3;1H. The molecule has 7 nitrogen and oxygen atoms in total. The average molecular weight is 412 g/mol. The van der Waals surface area contributed by atoms with Crippen molar-refractivity contribution in [1.82, 2.24) is 9.03 Å². The molecule has 1 saturated carbocycles. The second-order valence-electron chi connectivity index (χ2n) is 6.27. The zero-order valence-electron chi connectivity index (χ0n) is 14.4. The van der Waals surface area contributed by atoms with Gasteiger partial charge in [0.25, 0.3) is 0 Å². The molecule has 0 heterocycles. The van der Waals surface area contributed by atoms with Crippen molar-refractivity contribution in [2.45, 2.75) is 41.5 Å². The number of nitrogens with one attached hydrogen (secondary N) is 1. The van der Waals surface area contributed by atoms with E-state index in [0.29, 0.717) is 0 Å². The van der Waals surface area contributed by atoms with E-state index in [9.17, 15) is 16.8 Å². The molecule has 2 rings (SSSR count). The van der Waals surface area contributed by atoms with Crippen LogP contribution in [0.2, 0.25) is 0 Å². The Morgan fingerprint density at radius 2 is 1.72 bits per heavy atom. The number of rotatable bonds is 7. The van der Waals surface area contributed by atoms with Gasteiger partial charge in [0, 0.05) is 26.7 Å². The van der Waals surface area contributed by atoms with Crippen molar-refractivity contribution in [2.24, 2.45) is 11.7 Å². The first-order chi connectivity index (χ1) is 11.2. The summed E-state index contributed by atoms with van der Waals surface area (Å²) in [6.45, 7) is 0.222. The summed E-state index contributed by atoms with van der Waals surface area (Å²) in [6, 6.07) is 5.05. The van der Waals surface area contributed by atoms with E-state index >= 15 is 0 Å². The SMILES string of the molecule is CN(C)S(=O)(=O)c1cccc(S(=O)(=O)NC(CN)C2CCCC2)c1.Cl. The second kappa shape index (κ2) is 8.79. The number of benzene rings is 1. The highest BCUT2D eigenvalue weighted by Crippen LogP contribution is 2.28. The summed E-state index contributed by atoms with van der Waals surface area (Å²) in [4.78, 5) is -0.123. The van der Waals surface area contributed by atoms with Crippen LogP contribution in [0.5, 0.6) is 0 Å². The van der Waals surface area contributed by atoms with Gasteiger partial charge in [0.1, 0.15) is 0 Å². The van der Waals surface area contributed by atoms with Crippen molar-refractivity contribution < 1.29 is 16.8 Å². The minimum atomic E-state index is -3.83. The highest BCUT2D eigenvalue weighted by Gasteiger charge is 2.29. The summed E-state index contributed by atoms with van der Waals surface area (Å²) in [5, 5.41) is 0. The number of sulfonamides is 2. The normalized spacial score (nSPS) is 17.4. The maximum Gasteiger partial charge on any atom is 0.242 e. The Labute approximate surface area is 156 Å². The molecule has 0 radical (unpaired) electrons. The number of hydrogen-bond donors (Lipinski definition) is 2. The van der Waals surface area contributed by atoms with Crippen LogP contribution in [0.1, 0.15) is 25.7 Å². The van der Waals surface area contributed by atoms with Gasteiger partial charge in [-0.15, -0.1) is 12.4 Å². The molecule has 1 unspecified atom stereocenters. The fourth-order valence-corrected chi connectivity index (χ4v) is 5.36. The lowest BCUT2D eigenvalue weighted by molar-refractivity contribution is 0.405. The molecule has 1 aliphatic rings. The quantitative estimate of drug-likeness (QED) is 0.699. The van der Waals surface area contributed by atoms with Crippen LogP contribution >= 0.6 is 12.4 Å². The number of hydrogen-bond acceptors (Lipinski definition) is 5. The van der Waals surface area contributed by atoms with Gasteiger partial charge in [-0.3, -0.25) is 0 Å².